The molecule has 0 saturated heterocycles. The number of hydrogen-bond donors (Lipinski definition) is 1. The van der Waals surface area contributed by atoms with Gasteiger partial charge in [-0.3, -0.25) is 0 Å². The molecule has 1 aromatic heterocycles. The molecule has 4 nitrogen and oxygen atoms in total. The molecule has 2 N–H and O–H groups in total. The second kappa shape index (κ2) is 3.10. The summed E-state index contributed by atoms with van der Waals surface area (Å²) in [5, 5.41) is -0.0208. The van der Waals surface area contributed by atoms with Crippen LogP contribution in [0.4, 0.5) is 5.69 Å². The van der Waals surface area contributed by atoms with Gasteiger partial charge in [-0.2, -0.15) is 0 Å². The number of aromatic nitrogens is 1. The van der Waals surface area contributed by atoms with E-state index in [1.54, 1.807) is 13.0 Å². The minimum Gasteiger partial charge on any atom is -0.396 e. The maximum absolute atomic E-state index is 11.3. The summed E-state index contributed by atoms with van der Waals surface area (Å²) in [4.78, 5) is 3.71. The summed E-state index contributed by atoms with van der Waals surface area (Å²) in [6, 6.07) is 3.12. The fourth-order valence-electron chi connectivity index (χ4n) is 0.800. The van der Waals surface area contributed by atoms with Gasteiger partial charge in [0.2, 0.25) is 0 Å². The maximum Gasteiger partial charge on any atom is 0.197 e. The molecule has 1 heterocycles. The van der Waals surface area contributed by atoms with Crippen LogP contribution in [0.2, 0.25) is 0 Å². The van der Waals surface area contributed by atoms with Crippen molar-refractivity contribution >= 4 is 15.5 Å². The van der Waals surface area contributed by atoms with Gasteiger partial charge in [-0.1, -0.05) is 6.92 Å². The standard InChI is InChI=1S/C7H10N2O2S/c1-2-12(10,11)7-6(8)4-3-5-9-7/h3-5H,2,8H2,1H3. The third-order valence-electron chi connectivity index (χ3n) is 1.48. The molecule has 0 saturated carbocycles. The van der Waals surface area contributed by atoms with E-state index >= 15 is 0 Å². The van der Waals surface area contributed by atoms with Crippen molar-refractivity contribution in [2.75, 3.05) is 11.5 Å². The predicted octanol–water partition coefficient (Wildman–Crippen LogP) is 0.457. The zero-order chi connectivity index (χ0) is 9.19. The number of rotatable bonds is 2. The smallest absolute Gasteiger partial charge is 0.197 e. The average molecular weight is 186 g/mol. The Morgan fingerprint density at radius 3 is 2.75 bits per heavy atom. The molecule has 66 valence electrons. The Kier molecular flexibility index (Phi) is 2.32. The number of nitrogens with zero attached hydrogens (tertiary/aromatic N) is 1. The first-order chi connectivity index (χ1) is 5.58. The quantitative estimate of drug-likeness (QED) is 0.728. The fraction of sp³-hybridized carbons (Fsp3) is 0.286. The molecule has 0 fully saturated rings. The van der Waals surface area contributed by atoms with Gasteiger partial charge in [0.1, 0.15) is 0 Å². The summed E-state index contributed by atoms with van der Waals surface area (Å²) in [7, 11) is -3.26. The molecule has 0 aromatic carbocycles. The molecule has 0 unspecified atom stereocenters. The molecule has 0 aliphatic heterocycles. The van der Waals surface area contributed by atoms with Crippen molar-refractivity contribution in [2.24, 2.45) is 0 Å². The van der Waals surface area contributed by atoms with Crippen LogP contribution >= 0.6 is 0 Å². The number of anilines is 1. The molecule has 12 heavy (non-hydrogen) atoms. The first kappa shape index (κ1) is 8.99. The Morgan fingerprint density at radius 2 is 2.25 bits per heavy atom. The summed E-state index contributed by atoms with van der Waals surface area (Å²) in [5.74, 6) is 0.0220. The lowest BCUT2D eigenvalue weighted by Crippen LogP contribution is -2.08. The third-order valence-corrected chi connectivity index (χ3v) is 3.17. The first-order valence-corrected chi connectivity index (χ1v) is 5.16. The van der Waals surface area contributed by atoms with Gasteiger partial charge in [0.25, 0.3) is 0 Å². The molecule has 0 aliphatic carbocycles. The van der Waals surface area contributed by atoms with Gasteiger partial charge >= 0.3 is 0 Å². The second-order valence-corrected chi connectivity index (χ2v) is 4.49. The number of nitrogens with two attached hydrogens (primary N) is 1. The van der Waals surface area contributed by atoms with Crippen molar-refractivity contribution in [1.29, 1.82) is 0 Å². The maximum atomic E-state index is 11.3. The zero-order valence-electron chi connectivity index (χ0n) is 6.69. The van der Waals surface area contributed by atoms with Crippen LogP contribution in [0.5, 0.6) is 0 Å². The van der Waals surface area contributed by atoms with Crippen LogP contribution in [0.15, 0.2) is 23.4 Å². The Morgan fingerprint density at radius 1 is 1.58 bits per heavy atom. The largest absolute Gasteiger partial charge is 0.396 e. The van der Waals surface area contributed by atoms with Crippen molar-refractivity contribution in [3.05, 3.63) is 18.3 Å². The summed E-state index contributed by atoms with van der Waals surface area (Å²) < 4.78 is 22.6. The molecule has 1 aromatic rings. The first-order valence-electron chi connectivity index (χ1n) is 3.51. The van der Waals surface area contributed by atoms with Gasteiger partial charge in [0.05, 0.1) is 11.4 Å². The highest BCUT2D eigenvalue weighted by Gasteiger charge is 2.15. The topological polar surface area (TPSA) is 73.0 Å². The molecule has 0 amide bonds. The highest BCUT2D eigenvalue weighted by atomic mass is 32.2. The lowest BCUT2D eigenvalue weighted by atomic mass is 10.4. The molecule has 0 bridgehead atoms. The Balaban J connectivity index is 3.30. The molecular formula is C7H10N2O2S. The molecule has 5 heteroatoms. The molecule has 0 atom stereocenters. The third kappa shape index (κ3) is 1.55. The van der Waals surface area contributed by atoms with Crippen molar-refractivity contribution in [3.63, 3.8) is 0 Å². The van der Waals surface area contributed by atoms with Gasteiger partial charge < -0.3 is 5.73 Å². The highest BCUT2D eigenvalue weighted by Crippen LogP contribution is 2.14. The lowest BCUT2D eigenvalue weighted by Gasteiger charge is -2.01. The average Bonchev–Trinajstić information content (AvgIpc) is 2.05. The summed E-state index contributed by atoms with van der Waals surface area (Å²) in [6.07, 6.45) is 1.42. The van der Waals surface area contributed by atoms with E-state index in [4.69, 9.17) is 5.73 Å². The zero-order valence-corrected chi connectivity index (χ0v) is 7.50. The number of sulfone groups is 1. The molecule has 0 aliphatic rings. The normalized spacial score (nSPS) is 11.4. The van der Waals surface area contributed by atoms with Crippen molar-refractivity contribution < 1.29 is 8.42 Å². The van der Waals surface area contributed by atoms with Gasteiger partial charge in [-0.05, 0) is 12.1 Å². The van der Waals surface area contributed by atoms with Crippen molar-refractivity contribution in [3.8, 4) is 0 Å². The van der Waals surface area contributed by atoms with E-state index in [2.05, 4.69) is 4.98 Å². The monoisotopic (exact) mass is 186 g/mol. The van der Waals surface area contributed by atoms with Crippen LogP contribution in [0.25, 0.3) is 0 Å². The summed E-state index contributed by atoms with van der Waals surface area (Å²) in [5.41, 5.74) is 5.65. The fourth-order valence-corrected chi connectivity index (χ4v) is 1.72. The lowest BCUT2D eigenvalue weighted by molar-refractivity contribution is 0.594. The van der Waals surface area contributed by atoms with E-state index in [0.29, 0.717) is 0 Å². The summed E-state index contributed by atoms with van der Waals surface area (Å²) in [6.45, 7) is 1.56. The van der Waals surface area contributed by atoms with Crippen molar-refractivity contribution in [2.45, 2.75) is 11.9 Å². The van der Waals surface area contributed by atoms with Gasteiger partial charge in [-0.25, -0.2) is 13.4 Å². The second-order valence-electron chi connectivity index (χ2n) is 2.30. The number of pyridine rings is 1. The molecule has 0 radical (unpaired) electrons. The minimum atomic E-state index is -3.26. The number of hydrogen-bond acceptors (Lipinski definition) is 4. The predicted molar refractivity (Wildman–Crippen MR) is 46.4 cm³/mol. The summed E-state index contributed by atoms with van der Waals surface area (Å²) >= 11 is 0. The Hall–Kier alpha value is -1.10. The Labute approximate surface area is 71.3 Å². The van der Waals surface area contributed by atoms with E-state index < -0.39 is 9.84 Å². The molecule has 0 spiro atoms. The van der Waals surface area contributed by atoms with E-state index in [1.807, 2.05) is 0 Å². The van der Waals surface area contributed by atoms with Crippen LogP contribution in [0.3, 0.4) is 0 Å². The number of nitrogen functional groups attached to an aromatic ring is 1. The van der Waals surface area contributed by atoms with Gasteiger partial charge in [0, 0.05) is 6.20 Å². The highest BCUT2D eigenvalue weighted by molar-refractivity contribution is 7.91. The Bertz CT molecular complexity index is 373. The minimum absolute atomic E-state index is 0.0208. The molecular weight excluding hydrogens is 176 g/mol. The van der Waals surface area contributed by atoms with E-state index in [9.17, 15) is 8.42 Å². The van der Waals surface area contributed by atoms with Crippen LogP contribution in [-0.2, 0) is 9.84 Å². The van der Waals surface area contributed by atoms with Gasteiger partial charge in [0.15, 0.2) is 14.9 Å². The van der Waals surface area contributed by atoms with Crippen LogP contribution < -0.4 is 5.73 Å². The van der Waals surface area contributed by atoms with Gasteiger partial charge in [-0.15, -0.1) is 0 Å². The van der Waals surface area contributed by atoms with Crippen LogP contribution in [0, 0.1) is 0 Å². The van der Waals surface area contributed by atoms with Crippen LogP contribution in [-0.4, -0.2) is 19.2 Å². The SMILES string of the molecule is CCS(=O)(=O)c1ncccc1N. The molecule has 1 rings (SSSR count). The van der Waals surface area contributed by atoms with E-state index in [1.165, 1.54) is 12.3 Å². The van der Waals surface area contributed by atoms with Crippen molar-refractivity contribution in [1.82, 2.24) is 4.98 Å². The van der Waals surface area contributed by atoms with Crippen LogP contribution in [0.1, 0.15) is 6.92 Å². The van der Waals surface area contributed by atoms with E-state index in [-0.39, 0.29) is 16.5 Å². The van der Waals surface area contributed by atoms with E-state index in [0.717, 1.165) is 0 Å².